The first-order chi connectivity index (χ1) is 12.7. The number of amides is 1. The van der Waals surface area contributed by atoms with Gasteiger partial charge in [-0.05, 0) is 51.7 Å². The van der Waals surface area contributed by atoms with Crippen molar-refractivity contribution in [1.29, 1.82) is 0 Å². The summed E-state index contributed by atoms with van der Waals surface area (Å²) in [5.41, 5.74) is 4.17. The maximum atomic E-state index is 12.6. The van der Waals surface area contributed by atoms with Crippen molar-refractivity contribution < 1.29 is 19.0 Å². The second-order valence-electron chi connectivity index (χ2n) is 6.28. The van der Waals surface area contributed by atoms with Gasteiger partial charge in [0.15, 0.2) is 11.5 Å². The molecule has 0 saturated heterocycles. The van der Waals surface area contributed by atoms with E-state index in [1.54, 1.807) is 12.1 Å². The zero-order chi connectivity index (χ0) is 18.5. The van der Waals surface area contributed by atoms with Crippen LogP contribution in [0.1, 0.15) is 44.0 Å². The standard InChI is InChI=1S/C20H26N2O4/c1-4-24-17-11-14(12-18(25-5-2)19(17)26-6-3)20(23)22-21-16-10-13-8-7-9-15(13)16/h7-8,11-13,15H,4-6,9-10H2,1-3H3,(H,22,23)/b21-16-. The van der Waals surface area contributed by atoms with E-state index in [2.05, 4.69) is 22.7 Å². The lowest BCUT2D eigenvalue weighted by Crippen LogP contribution is -2.35. The van der Waals surface area contributed by atoms with E-state index in [0.29, 0.717) is 54.5 Å². The molecule has 0 radical (unpaired) electrons. The number of ether oxygens (including phenoxy) is 3. The Kier molecular flexibility index (Phi) is 5.81. The lowest BCUT2D eigenvalue weighted by molar-refractivity contribution is 0.0952. The highest BCUT2D eigenvalue weighted by Crippen LogP contribution is 2.40. The van der Waals surface area contributed by atoms with Crippen molar-refractivity contribution in [3.05, 3.63) is 29.8 Å². The third-order valence-electron chi connectivity index (χ3n) is 4.64. The monoisotopic (exact) mass is 358 g/mol. The van der Waals surface area contributed by atoms with E-state index >= 15 is 0 Å². The molecule has 0 heterocycles. The van der Waals surface area contributed by atoms with Crippen LogP contribution in [-0.2, 0) is 0 Å². The van der Waals surface area contributed by atoms with Crippen molar-refractivity contribution in [2.24, 2.45) is 16.9 Å². The number of carbonyl (C=O) groups excluding carboxylic acids is 1. The van der Waals surface area contributed by atoms with Gasteiger partial charge in [-0.25, -0.2) is 5.43 Å². The molecule has 2 unspecified atom stereocenters. The lowest BCUT2D eigenvalue weighted by Gasteiger charge is -2.31. The average molecular weight is 358 g/mol. The van der Waals surface area contributed by atoms with Crippen molar-refractivity contribution in [2.45, 2.75) is 33.6 Å². The molecule has 2 aliphatic carbocycles. The topological polar surface area (TPSA) is 69.2 Å². The van der Waals surface area contributed by atoms with Crippen LogP contribution >= 0.6 is 0 Å². The summed E-state index contributed by atoms with van der Waals surface area (Å²) in [7, 11) is 0. The number of nitrogens with zero attached hydrogens (tertiary/aromatic N) is 1. The second-order valence-corrected chi connectivity index (χ2v) is 6.28. The summed E-state index contributed by atoms with van der Waals surface area (Å²) in [5.74, 6) is 2.32. The number of benzene rings is 1. The van der Waals surface area contributed by atoms with Crippen molar-refractivity contribution in [3.63, 3.8) is 0 Å². The molecule has 6 nitrogen and oxygen atoms in total. The molecule has 6 heteroatoms. The van der Waals surface area contributed by atoms with Gasteiger partial charge in [0.25, 0.3) is 5.91 Å². The van der Waals surface area contributed by atoms with Crippen LogP contribution < -0.4 is 19.6 Å². The van der Waals surface area contributed by atoms with Crippen LogP contribution in [0.25, 0.3) is 0 Å². The number of hydrogen-bond donors (Lipinski definition) is 1. The minimum Gasteiger partial charge on any atom is -0.490 e. The van der Waals surface area contributed by atoms with Gasteiger partial charge in [-0.1, -0.05) is 12.2 Å². The molecule has 1 amide bonds. The maximum Gasteiger partial charge on any atom is 0.271 e. The Labute approximate surface area is 154 Å². The van der Waals surface area contributed by atoms with Crippen molar-refractivity contribution >= 4 is 11.6 Å². The molecule has 0 spiro atoms. The van der Waals surface area contributed by atoms with Crippen molar-refractivity contribution in [1.82, 2.24) is 5.43 Å². The zero-order valence-corrected chi connectivity index (χ0v) is 15.6. The molecule has 1 N–H and O–H groups in total. The van der Waals surface area contributed by atoms with E-state index in [1.807, 2.05) is 20.8 Å². The number of allylic oxidation sites excluding steroid dienone is 2. The number of nitrogens with one attached hydrogen (secondary N) is 1. The van der Waals surface area contributed by atoms with E-state index in [1.165, 1.54) is 0 Å². The van der Waals surface area contributed by atoms with Crippen molar-refractivity contribution in [3.8, 4) is 17.2 Å². The molecule has 1 aromatic carbocycles. The van der Waals surface area contributed by atoms with E-state index < -0.39 is 0 Å². The first-order valence-corrected chi connectivity index (χ1v) is 9.27. The lowest BCUT2D eigenvalue weighted by atomic mass is 9.74. The molecule has 0 bridgehead atoms. The summed E-state index contributed by atoms with van der Waals surface area (Å²) >= 11 is 0. The van der Waals surface area contributed by atoms with Crippen LogP contribution in [0.2, 0.25) is 0 Å². The largest absolute Gasteiger partial charge is 0.490 e. The fraction of sp³-hybridized carbons (Fsp3) is 0.500. The number of hydrogen-bond acceptors (Lipinski definition) is 5. The van der Waals surface area contributed by atoms with E-state index in [4.69, 9.17) is 14.2 Å². The molecule has 2 atom stereocenters. The van der Waals surface area contributed by atoms with E-state index in [0.717, 1.165) is 18.6 Å². The fourth-order valence-electron chi connectivity index (χ4n) is 3.37. The Bertz CT molecular complexity index is 700. The Morgan fingerprint density at radius 1 is 1.12 bits per heavy atom. The summed E-state index contributed by atoms with van der Waals surface area (Å²) in [5, 5.41) is 4.32. The van der Waals surface area contributed by atoms with Gasteiger partial charge in [0.1, 0.15) is 0 Å². The highest BCUT2D eigenvalue weighted by molar-refractivity contribution is 5.98. The van der Waals surface area contributed by atoms with Crippen LogP contribution in [0, 0.1) is 11.8 Å². The van der Waals surface area contributed by atoms with Gasteiger partial charge in [-0.15, -0.1) is 0 Å². The molecule has 3 rings (SSSR count). The Balaban J connectivity index is 1.79. The first kappa shape index (κ1) is 18.3. The number of carbonyl (C=O) groups is 1. The predicted octanol–water partition coefficient (Wildman–Crippen LogP) is 3.56. The van der Waals surface area contributed by atoms with Crippen LogP contribution in [0.3, 0.4) is 0 Å². The van der Waals surface area contributed by atoms with Crippen molar-refractivity contribution in [2.75, 3.05) is 19.8 Å². The molecule has 1 fully saturated rings. The van der Waals surface area contributed by atoms with Crippen LogP contribution in [0.15, 0.2) is 29.4 Å². The van der Waals surface area contributed by atoms with Gasteiger partial charge in [-0.2, -0.15) is 5.10 Å². The third kappa shape index (κ3) is 3.69. The van der Waals surface area contributed by atoms with Crippen LogP contribution in [0.5, 0.6) is 17.2 Å². The summed E-state index contributed by atoms with van der Waals surface area (Å²) in [6.45, 7) is 7.08. The molecule has 0 aliphatic heterocycles. The molecule has 26 heavy (non-hydrogen) atoms. The molecule has 0 aromatic heterocycles. The van der Waals surface area contributed by atoms with Gasteiger partial charge in [0.05, 0.1) is 19.8 Å². The number of hydrazone groups is 1. The van der Waals surface area contributed by atoms with Gasteiger partial charge >= 0.3 is 0 Å². The number of fused-ring (bicyclic) bond motifs is 1. The third-order valence-corrected chi connectivity index (χ3v) is 4.64. The van der Waals surface area contributed by atoms with Gasteiger partial charge in [0, 0.05) is 17.2 Å². The summed E-state index contributed by atoms with van der Waals surface area (Å²) in [4.78, 5) is 12.6. The summed E-state index contributed by atoms with van der Waals surface area (Å²) in [6, 6.07) is 3.35. The van der Waals surface area contributed by atoms with Gasteiger partial charge in [0.2, 0.25) is 5.75 Å². The van der Waals surface area contributed by atoms with E-state index in [9.17, 15) is 4.79 Å². The first-order valence-electron chi connectivity index (χ1n) is 9.27. The van der Waals surface area contributed by atoms with Gasteiger partial charge < -0.3 is 14.2 Å². The minimum atomic E-state index is -0.281. The molecule has 1 saturated carbocycles. The normalized spacial score (nSPS) is 21.9. The Hall–Kier alpha value is -2.50. The zero-order valence-electron chi connectivity index (χ0n) is 15.6. The predicted molar refractivity (Wildman–Crippen MR) is 100 cm³/mol. The fourth-order valence-corrected chi connectivity index (χ4v) is 3.37. The molecule has 2 aliphatic rings. The quantitative estimate of drug-likeness (QED) is 0.570. The number of rotatable bonds is 8. The second kappa shape index (κ2) is 8.25. The summed E-state index contributed by atoms with van der Waals surface area (Å²) in [6.07, 6.45) is 6.38. The van der Waals surface area contributed by atoms with Crippen LogP contribution in [0.4, 0.5) is 0 Å². The Morgan fingerprint density at radius 2 is 1.77 bits per heavy atom. The maximum absolute atomic E-state index is 12.6. The van der Waals surface area contributed by atoms with Crippen LogP contribution in [-0.4, -0.2) is 31.4 Å². The molecule has 1 aromatic rings. The smallest absolute Gasteiger partial charge is 0.271 e. The minimum absolute atomic E-state index is 0.281. The molecular formula is C20H26N2O4. The molecular weight excluding hydrogens is 332 g/mol. The summed E-state index contributed by atoms with van der Waals surface area (Å²) < 4.78 is 17.0. The average Bonchev–Trinajstić information content (AvgIpc) is 2.99. The highest BCUT2D eigenvalue weighted by atomic mass is 16.5. The van der Waals surface area contributed by atoms with Gasteiger partial charge in [-0.3, -0.25) is 4.79 Å². The Morgan fingerprint density at radius 3 is 2.35 bits per heavy atom. The highest BCUT2D eigenvalue weighted by Gasteiger charge is 2.38. The molecule has 140 valence electrons. The SMILES string of the molecule is CCOc1cc(C(=O)N/N=C2/CC3C=CCC23)cc(OCC)c1OCC. The van der Waals surface area contributed by atoms with E-state index in [-0.39, 0.29) is 5.91 Å².